The molecule has 1 atom stereocenters. The molecule has 0 spiro atoms. The second-order valence-corrected chi connectivity index (χ2v) is 8.07. The van der Waals surface area contributed by atoms with E-state index in [9.17, 15) is 9.59 Å². The highest BCUT2D eigenvalue weighted by molar-refractivity contribution is 9.10. The van der Waals surface area contributed by atoms with Crippen LogP contribution < -0.4 is 10.1 Å². The Morgan fingerprint density at radius 3 is 2.31 bits per heavy atom. The number of ether oxygens (including phenoxy) is 1. The van der Waals surface area contributed by atoms with Crippen molar-refractivity contribution in [3.05, 3.63) is 64.6 Å². The van der Waals surface area contributed by atoms with Crippen molar-refractivity contribution in [1.29, 1.82) is 0 Å². The van der Waals surface area contributed by atoms with Crippen molar-refractivity contribution in [2.75, 3.05) is 13.2 Å². The maximum Gasteiger partial charge on any atom is 0.261 e. The first-order valence-corrected chi connectivity index (χ1v) is 10.7. The van der Waals surface area contributed by atoms with E-state index in [1.807, 2.05) is 63.2 Å². The summed E-state index contributed by atoms with van der Waals surface area (Å²) >= 11 is 3.38. The van der Waals surface area contributed by atoms with Crippen LogP contribution in [0.3, 0.4) is 0 Å². The molecule has 0 bridgehead atoms. The summed E-state index contributed by atoms with van der Waals surface area (Å²) in [7, 11) is 0. The normalized spacial score (nSPS) is 11.8. The van der Waals surface area contributed by atoms with Crippen LogP contribution in [0.5, 0.6) is 5.75 Å². The summed E-state index contributed by atoms with van der Waals surface area (Å²) in [4.78, 5) is 27.4. The molecule has 2 aromatic carbocycles. The first-order valence-electron chi connectivity index (χ1n) is 9.92. The fourth-order valence-corrected chi connectivity index (χ4v) is 3.30. The number of hydrogen-bond acceptors (Lipinski definition) is 3. The zero-order valence-corrected chi connectivity index (χ0v) is 18.8. The van der Waals surface area contributed by atoms with Crippen LogP contribution in [0.1, 0.15) is 32.8 Å². The summed E-state index contributed by atoms with van der Waals surface area (Å²) < 4.78 is 6.61. The van der Waals surface area contributed by atoms with Gasteiger partial charge in [0.25, 0.3) is 5.91 Å². The van der Waals surface area contributed by atoms with Crippen LogP contribution in [-0.2, 0) is 16.0 Å². The molecule has 2 amide bonds. The second-order valence-electron chi connectivity index (χ2n) is 7.15. The number of hydrogen-bond donors (Lipinski definition) is 1. The van der Waals surface area contributed by atoms with Gasteiger partial charge in [-0.25, -0.2) is 0 Å². The molecule has 0 radical (unpaired) electrons. The minimum atomic E-state index is -0.526. The third kappa shape index (κ3) is 7.54. The Morgan fingerprint density at radius 1 is 1.07 bits per heavy atom. The van der Waals surface area contributed by atoms with Gasteiger partial charge in [0, 0.05) is 17.1 Å². The molecule has 0 aliphatic carbocycles. The van der Waals surface area contributed by atoms with Gasteiger partial charge in [-0.05, 0) is 56.5 Å². The van der Waals surface area contributed by atoms with E-state index in [2.05, 4.69) is 21.2 Å². The highest BCUT2D eigenvalue weighted by atomic mass is 79.9. The van der Waals surface area contributed by atoms with E-state index in [0.29, 0.717) is 25.1 Å². The molecule has 5 nitrogen and oxygen atoms in total. The smallest absolute Gasteiger partial charge is 0.261 e. The minimum Gasteiger partial charge on any atom is -0.484 e. The summed E-state index contributed by atoms with van der Waals surface area (Å²) in [5.74, 6) is 0.284. The van der Waals surface area contributed by atoms with Crippen LogP contribution in [0.2, 0.25) is 0 Å². The van der Waals surface area contributed by atoms with Gasteiger partial charge in [0.1, 0.15) is 11.8 Å². The Labute approximate surface area is 181 Å². The fourth-order valence-electron chi connectivity index (χ4n) is 3.04. The standard InChI is InChI=1S/C23H29BrN2O3/c1-4-21(23(28)25-17(2)3)26(15-14-18-8-6-5-7-9-18)22(27)16-29-20-12-10-19(24)11-13-20/h5-13,17,21H,4,14-16H2,1-3H3,(H,25,28)/t21-/m0/s1. The SMILES string of the molecule is CC[C@@H](C(=O)NC(C)C)N(CCc1ccccc1)C(=O)COc1ccc(Br)cc1. The highest BCUT2D eigenvalue weighted by Gasteiger charge is 2.28. The van der Waals surface area contributed by atoms with Crippen molar-refractivity contribution < 1.29 is 14.3 Å². The van der Waals surface area contributed by atoms with E-state index in [4.69, 9.17) is 4.74 Å². The average Bonchev–Trinajstić information content (AvgIpc) is 2.70. The Bertz CT molecular complexity index is 778. The lowest BCUT2D eigenvalue weighted by Crippen LogP contribution is -2.52. The maximum atomic E-state index is 13.0. The largest absolute Gasteiger partial charge is 0.484 e. The zero-order valence-electron chi connectivity index (χ0n) is 17.2. The highest BCUT2D eigenvalue weighted by Crippen LogP contribution is 2.17. The van der Waals surface area contributed by atoms with Gasteiger partial charge in [-0.2, -0.15) is 0 Å². The van der Waals surface area contributed by atoms with Crippen molar-refractivity contribution in [2.24, 2.45) is 0 Å². The molecule has 2 rings (SSSR count). The molecule has 1 N–H and O–H groups in total. The van der Waals surface area contributed by atoms with Crippen LogP contribution in [0.4, 0.5) is 0 Å². The Balaban J connectivity index is 2.11. The first-order chi connectivity index (χ1) is 13.9. The fraction of sp³-hybridized carbons (Fsp3) is 0.391. The van der Waals surface area contributed by atoms with E-state index >= 15 is 0 Å². The zero-order chi connectivity index (χ0) is 21.2. The molecule has 0 unspecified atom stereocenters. The predicted octanol–water partition coefficient (Wildman–Crippen LogP) is 4.20. The molecule has 0 aliphatic heterocycles. The van der Waals surface area contributed by atoms with E-state index < -0.39 is 6.04 Å². The van der Waals surface area contributed by atoms with Crippen molar-refractivity contribution in [3.8, 4) is 5.75 Å². The summed E-state index contributed by atoms with van der Waals surface area (Å²) in [5.41, 5.74) is 1.12. The molecule has 0 fully saturated rings. The van der Waals surface area contributed by atoms with Crippen molar-refractivity contribution in [3.63, 3.8) is 0 Å². The van der Waals surface area contributed by atoms with Crippen LogP contribution in [0, 0.1) is 0 Å². The molecule has 0 aliphatic rings. The van der Waals surface area contributed by atoms with Gasteiger partial charge in [0.2, 0.25) is 5.91 Å². The quantitative estimate of drug-likeness (QED) is 0.577. The molecule has 2 aromatic rings. The number of amides is 2. The third-order valence-electron chi connectivity index (χ3n) is 4.48. The summed E-state index contributed by atoms with van der Waals surface area (Å²) in [5, 5.41) is 2.93. The first kappa shape index (κ1) is 22.9. The molecule has 156 valence electrons. The average molecular weight is 461 g/mol. The van der Waals surface area contributed by atoms with Crippen molar-refractivity contribution in [2.45, 2.75) is 45.7 Å². The molecular weight excluding hydrogens is 432 g/mol. The summed E-state index contributed by atoms with van der Waals surface area (Å²) in [6.45, 7) is 6.09. The van der Waals surface area contributed by atoms with E-state index in [0.717, 1.165) is 10.0 Å². The number of nitrogens with zero attached hydrogens (tertiary/aromatic N) is 1. The van der Waals surface area contributed by atoms with Gasteiger partial charge in [0.05, 0.1) is 0 Å². The molecule has 29 heavy (non-hydrogen) atoms. The number of carbonyl (C=O) groups excluding carboxylic acids is 2. The number of halogens is 1. The molecule has 0 saturated carbocycles. The van der Waals surface area contributed by atoms with Crippen LogP contribution in [-0.4, -0.2) is 41.9 Å². The molecular formula is C23H29BrN2O3. The monoisotopic (exact) mass is 460 g/mol. The third-order valence-corrected chi connectivity index (χ3v) is 5.01. The van der Waals surface area contributed by atoms with E-state index in [-0.39, 0.29) is 24.5 Å². The molecule has 0 saturated heterocycles. The summed E-state index contributed by atoms with van der Waals surface area (Å²) in [6.07, 6.45) is 1.22. The van der Waals surface area contributed by atoms with Crippen LogP contribution in [0.15, 0.2) is 59.1 Å². The van der Waals surface area contributed by atoms with Gasteiger partial charge in [-0.15, -0.1) is 0 Å². The number of carbonyl (C=O) groups is 2. The van der Waals surface area contributed by atoms with Crippen molar-refractivity contribution >= 4 is 27.7 Å². The maximum absolute atomic E-state index is 13.0. The van der Waals surface area contributed by atoms with Crippen LogP contribution in [0.25, 0.3) is 0 Å². The molecule has 6 heteroatoms. The Hall–Kier alpha value is -2.34. The summed E-state index contributed by atoms with van der Waals surface area (Å²) in [6, 6.07) is 16.8. The van der Waals surface area contributed by atoms with Gasteiger partial charge in [-0.1, -0.05) is 53.2 Å². The second kappa shape index (κ2) is 11.6. The van der Waals surface area contributed by atoms with Gasteiger partial charge in [-0.3, -0.25) is 9.59 Å². The molecule has 0 aromatic heterocycles. The Morgan fingerprint density at radius 2 is 1.72 bits per heavy atom. The van der Waals surface area contributed by atoms with Gasteiger partial charge >= 0.3 is 0 Å². The van der Waals surface area contributed by atoms with Gasteiger partial charge < -0.3 is 15.0 Å². The van der Waals surface area contributed by atoms with Crippen molar-refractivity contribution in [1.82, 2.24) is 10.2 Å². The lowest BCUT2D eigenvalue weighted by atomic mass is 10.1. The van der Waals surface area contributed by atoms with E-state index in [1.54, 1.807) is 17.0 Å². The lowest BCUT2D eigenvalue weighted by molar-refractivity contribution is -0.142. The lowest BCUT2D eigenvalue weighted by Gasteiger charge is -2.31. The number of nitrogens with one attached hydrogen (secondary N) is 1. The topological polar surface area (TPSA) is 58.6 Å². The molecule has 0 heterocycles. The van der Waals surface area contributed by atoms with Crippen LogP contribution >= 0.6 is 15.9 Å². The minimum absolute atomic E-state index is 0.0154. The Kier molecular flexibility index (Phi) is 9.19. The predicted molar refractivity (Wildman–Crippen MR) is 119 cm³/mol. The van der Waals surface area contributed by atoms with E-state index in [1.165, 1.54) is 0 Å². The number of benzene rings is 2. The van der Waals surface area contributed by atoms with Gasteiger partial charge in [0.15, 0.2) is 6.61 Å². The number of rotatable bonds is 10.